The molecule has 1 aromatic heterocycles. The van der Waals surface area contributed by atoms with Crippen LogP contribution in [0.2, 0.25) is 0 Å². The maximum atomic E-state index is 9.32. The number of rotatable bonds is 3. The lowest BCUT2D eigenvalue weighted by Gasteiger charge is -2.34. The molecule has 0 unspecified atom stereocenters. The summed E-state index contributed by atoms with van der Waals surface area (Å²) >= 11 is 0. The van der Waals surface area contributed by atoms with E-state index in [1.165, 1.54) is 0 Å². The van der Waals surface area contributed by atoms with Gasteiger partial charge in [-0.3, -0.25) is 0 Å². The molecule has 3 aromatic carbocycles. The van der Waals surface area contributed by atoms with Crippen LogP contribution in [-0.4, -0.2) is 7.05 Å². The van der Waals surface area contributed by atoms with E-state index in [1.54, 1.807) is 12.1 Å². The summed E-state index contributed by atoms with van der Waals surface area (Å²) in [6.07, 6.45) is 3.73. The molecule has 2 heteroatoms. The minimum absolute atomic E-state index is 0.289. The van der Waals surface area contributed by atoms with Gasteiger partial charge in [0.15, 0.2) is 5.58 Å². The van der Waals surface area contributed by atoms with Crippen LogP contribution < -0.4 is 4.90 Å². The lowest BCUT2D eigenvalue weighted by atomic mass is 9.71. The van der Waals surface area contributed by atoms with Crippen molar-refractivity contribution in [3.8, 4) is 0 Å². The van der Waals surface area contributed by atoms with Crippen LogP contribution in [-0.2, 0) is 0 Å². The van der Waals surface area contributed by atoms with Crippen LogP contribution in [0.15, 0.2) is 65.1 Å². The number of fused-ring (bicyclic) bond motifs is 3. The highest BCUT2D eigenvalue weighted by Gasteiger charge is 2.29. The Kier molecular flexibility index (Phi) is 3.63. The molecule has 0 amide bonds. The third-order valence-electron chi connectivity index (χ3n) is 6.71. The van der Waals surface area contributed by atoms with E-state index in [4.69, 9.17) is 8.53 Å². The van der Waals surface area contributed by atoms with Crippen molar-refractivity contribution in [2.75, 3.05) is 11.9 Å². The van der Waals surface area contributed by atoms with E-state index in [2.05, 4.69) is 32.0 Å². The maximum Gasteiger partial charge on any atom is 0.159 e. The summed E-state index contributed by atoms with van der Waals surface area (Å²) in [5.74, 6) is -0.639. The molecule has 0 spiro atoms. The molecular formula is C28H31NO. The fourth-order valence-corrected chi connectivity index (χ4v) is 4.67. The van der Waals surface area contributed by atoms with Gasteiger partial charge in [-0.05, 0) is 67.6 Å². The summed E-state index contributed by atoms with van der Waals surface area (Å²) in [7, 11) is 1.96. The molecule has 0 atom stereocenters. The van der Waals surface area contributed by atoms with Crippen molar-refractivity contribution in [3.05, 3.63) is 71.8 Å². The normalized spacial score (nSPS) is 20.4. The molecular weight excluding hydrogens is 366 g/mol. The van der Waals surface area contributed by atoms with Gasteiger partial charge in [-0.2, -0.15) is 0 Å². The zero-order valence-corrected chi connectivity index (χ0v) is 18.0. The Morgan fingerprint density at radius 1 is 0.933 bits per heavy atom. The largest absolute Gasteiger partial charge is 0.454 e. The Bertz CT molecular complexity index is 1340. The molecule has 30 heavy (non-hydrogen) atoms. The van der Waals surface area contributed by atoms with Gasteiger partial charge in [0.25, 0.3) is 0 Å². The fourth-order valence-electron chi connectivity index (χ4n) is 4.67. The zero-order valence-electron chi connectivity index (χ0n) is 22.0. The summed E-state index contributed by atoms with van der Waals surface area (Å²) in [4.78, 5) is 2.02. The molecule has 1 saturated carbocycles. The van der Waals surface area contributed by atoms with Crippen molar-refractivity contribution in [1.29, 1.82) is 0 Å². The third-order valence-corrected chi connectivity index (χ3v) is 6.71. The van der Waals surface area contributed by atoms with Crippen LogP contribution in [0.5, 0.6) is 0 Å². The molecule has 1 aliphatic rings. The van der Waals surface area contributed by atoms with Crippen LogP contribution in [0.25, 0.3) is 21.9 Å². The van der Waals surface area contributed by atoms with Crippen LogP contribution in [0.3, 0.4) is 0 Å². The van der Waals surface area contributed by atoms with E-state index >= 15 is 0 Å². The SMILES string of the molecule is [2H]C([2H])([2H])c1ccc(N(C)c2cccc3c2oc2c(C4([2H])CCC(C)(C)CC4)cccc23)cc1. The molecule has 0 aliphatic heterocycles. The first-order valence-corrected chi connectivity index (χ1v) is 10.8. The Hall–Kier alpha value is -2.74. The van der Waals surface area contributed by atoms with Crippen LogP contribution >= 0.6 is 0 Å². The third kappa shape index (κ3) is 3.29. The van der Waals surface area contributed by atoms with Crippen molar-refractivity contribution < 1.29 is 9.90 Å². The molecule has 0 N–H and O–H groups in total. The van der Waals surface area contributed by atoms with Crippen molar-refractivity contribution >= 4 is 33.3 Å². The number of hydrogen-bond acceptors (Lipinski definition) is 2. The summed E-state index contributed by atoms with van der Waals surface area (Å²) in [6, 6.07) is 19.3. The van der Waals surface area contributed by atoms with Crippen molar-refractivity contribution in [1.82, 2.24) is 0 Å². The zero-order chi connectivity index (χ0) is 24.3. The second-order valence-corrected chi connectivity index (χ2v) is 9.31. The summed E-state index contributed by atoms with van der Waals surface area (Å²) in [6.45, 7) is 2.47. The average Bonchev–Trinajstić information content (AvgIpc) is 3.19. The molecule has 5 rings (SSSR count). The van der Waals surface area contributed by atoms with Crippen molar-refractivity contribution in [2.24, 2.45) is 5.41 Å². The first kappa shape index (κ1) is 15.1. The van der Waals surface area contributed by atoms with E-state index in [0.717, 1.165) is 64.6 Å². The predicted molar refractivity (Wildman–Crippen MR) is 128 cm³/mol. The van der Waals surface area contributed by atoms with E-state index in [0.29, 0.717) is 5.56 Å². The van der Waals surface area contributed by atoms with Crippen molar-refractivity contribution in [3.63, 3.8) is 0 Å². The molecule has 1 fully saturated rings. The second kappa shape index (κ2) is 7.19. The summed E-state index contributed by atoms with van der Waals surface area (Å²) in [5, 5.41) is 2.07. The first-order valence-electron chi connectivity index (χ1n) is 12.8. The van der Waals surface area contributed by atoms with Gasteiger partial charge < -0.3 is 9.32 Å². The Balaban J connectivity index is 1.59. The minimum Gasteiger partial charge on any atom is -0.454 e. The molecule has 2 nitrogen and oxygen atoms in total. The predicted octanol–water partition coefficient (Wildman–Crippen LogP) is 8.35. The number of hydrogen-bond donors (Lipinski definition) is 0. The van der Waals surface area contributed by atoms with Crippen LogP contribution in [0.4, 0.5) is 11.4 Å². The highest BCUT2D eigenvalue weighted by molar-refractivity contribution is 6.10. The number of para-hydroxylation sites is 2. The smallest absolute Gasteiger partial charge is 0.159 e. The van der Waals surface area contributed by atoms with Crippen LogP contribution in [0, 0.1) is 12.3 Å². The molecule has 0 bridgehead atoms. The quantitative estimate of drug-likeness (QED) is 0.343. The Morgan fingerprint density at radius 2 is 1.60 bits per heavy atom. The van der Waals surface area contributed by atoms with E-state index in [1.807, 2.05) is 42.3 Å². The number of benzene rings is 3. The fraction of sp³-hybridized carbons (Fsp3) is 0.357. The van der Waals surface area contributed by atoms with Crippen LogP contribution in [0.1, 0.15) is 62.0 Å². The molecule has 154 valence electrons. The molecule has 0 saturated heterocycles. The van der Waals surface area contributed by atoms with Gasteiger partial charge in [-0.1, -0.05) is 61.9 Å². The highest BCUT2D eigenvalue weighted by Crippen LogP contribution is 2.46. The molecule has 1 aliphatic carbocycles. The Morgan fingerprint density at radius 3 is 2.30 bits per heavy atom. The van der Waals surface area contributed by atoms with Gasteiger partial charge in [0.05, 0.1) is 5.69 Å². The van der Waals surface area contributed by atoms with Gasteiger partial charge in [0.1, 0.15) is 5.58 Å². The average molecular weight is 402 g/mol. The van der Waals surface area contributed by atoms with Gasteiger partial charge in [0.2, 0.25) is 0 Å². The maximum absolute atomic E-state index is 9.32. The Labute approximate surface area is 185 Å². The molecule has 4 aromatic rings. The molecule has 0 radical (unpaired) electrons. The van der Waals surface area contributed by atoms with Gasteiger partial charge in [-0.25, -0.2) is 0 Å². The topological polar surface area (TPSA) is 16.4 Å². The summed E-state index contributed by atoms with van der Waals surface area (Å²) < 4.78 is 38.7. The van der Waals surface area contributed by atoms with E-state index < -0.39 is 12.7 Å². The standard InChI is InChI=1S/C28H31NO/c1-19-11-13-21(14-12-19)29(4)25-10-6-9-24-23-8-5-7-22(26(23)30-27(24)25)20-15-17-28(2,3)18-16-20/h5-14,20H,15-18H2,1-4H3/i1D3,20D. The van der Waals surface area contributed by atoms with Gasteiger partial charge >= 0.3 is 0 Å². The summed E-state index contributed by atoms with van der Waals surface area (Å²) in [5.41, 5.74) is 4.98. The first-order chi connectivity index (χ1) is 16.0. The molecule has 1 heterocycles. The number of aryl methyl sites for hydroxylation is 1. The number of nitrogens with zero attached hydrogens (tertiary/aromatic N) is 1. The highest BCUT2D eigenvalue weighted by atomic mass is 16.3. The van der Waals surface area contributed by atoms with Gasteiger partial charge in [0, 0.05) is 29.0 Å². The lowest BCUT2D eigenvalue weighted by molar-refractivity contribution is 0.224. The van der Waals surface area contributed by atoms with E-state index in [9.17, 15) is 1.37 Å². The minimum atomic E-state index is -2.12. The monoisotopic (exact) mass is 401 g/mol. The second-order valence-electron chi connectivity index (χ2n) is 9.31. The number of furan rings is 1. The van der Waals surface area contributed by atoms with E-state index in [-0.39, 0.29) is 5.41 Å². The number of anilines is 2. The van der Waals surface area contributed by atoms with Gasteiger partial charge in [-0.15, -0.1) is 0 Å². The lowest BCUT2D eigenvalue weighted by Crippen LogP contribution is -2.20. The van der Waals surface area contributed by atoms with Crippen molar-refractivity contribution in [2.45, 2.75) is 52.3 Å².